The van der Waals surface area contributed by atoms with Crippen LogP contribution in [0.1, 0.15) is 11.3 Å². The molecule has 0 fully saturated rings. The lowest BCUT2D eigenvalue weighted by atomic mass is 10.1. The fourth-order valence-electron chi connectivity index (χ4n) is 2.20. The average Bonchev–Trinajstić information content (AvgIpc) is 2.98. The van der Waals surface area contributed by atoms with Gasteiger partial charge in [0.15, 0.2) is 0 Å². The van der Waals surface area contributed by atoms with E-state index in [-0.39, 0.29) is 11.4 Å². The maximum absolute atomic E-state index is 13.0. The van der Waals surface area contributed by atoms with Crippen molar-refractivity contribution >= 4 is 0 Å². The van der Waals surface area contributed by atoms with E-state index in [2.05, 4.69) is 15.0 Å². The van der Waals surface area contributed by atoms with Crippen LogP contribution in [0.3, 0.4) is 0 Å². The van der Waals surface area contributed by atoms with Crippen LogP contribution in [0.5, 0.6) is 0 Å². The summed E-state index contributed by atoms with van der Waals surface area (Å²) in [6.07, 6.45) is 1.61. The van der Waals surface area contributed by atoms with E-state index in [0.717, 1.165) is 5.56 Å². The molecule has 0 spiro atoms. The fourth-order valence-corrected chi connectivity index (χ4v) is 2.20. The zero-order valence-corrected chi connectivity index (χ0v) is 11.6. The number of hydrogen-bond donors (Lipinski definition) is 2. The van der Waals surface area contributed by atoms with Gasteiger partial charge in [0.05, 0.1) is 11.9 Å². The number of aryl methyl sites for hydroxylation is 1. The second-order valence-corrected chi connectivity index (χ2v) is 4.81. The number of imidazole rings is 1. The Morgan fingerprint density at radius 2 is 1.95 bits per heavy atom. The summed E-state index contributed by atoms with van der Waals surface area (Å²) in [4.78, 5) is 21.6. The Morgan fingerprint density at radius 1 is 1.23 bits per heavy atom. The molecule has 108 valence electrons. The van der Waals surface area contributed by atoms with Gasteiger partial charge in [-0.05, 0) is 37.3 Å². The highest BCUT2D eigenvalue weighted by Crippen LogP contribution is 2.24. The summed E-state index contributed by atoms with van der Waals surface area (Å²) >= 11 is 0. The minimum absolute atomic E-state index is 0.0403. The summed E-state index contributed by atoms with van der Waals surface area (Å²) in [6.45, 7) is 1.75. The highest BCUT2D eigenvalue weighted by molar-refractivity contribution is 5.67. The van der Waals surface area contributed by atoms with Crippen molar-refractivity contribution in [2.75, 3.05) is 0 Å². The van der Waals surface area contributed by atoms with E-state index in [0.29, 0.717) is 22.8 Å². The molecular weight excluding hydrogens is 283 g/mol. The molecule has 0 aliphatic rings. The lowest BCUT2D eigenvalue weighted by Crippen LogP contribution is -2.11. The largest absolute Gasteiger partial charge is 0.338 e. The number of aromatic amines is 2. The number of aromatic nitrogens is 3. The quantitative estimate of drug-likeness (QED) is 0.762. The average molecular weight is 294 g/mol. The van der Waals surface area contributed by atoms with Gasteiger partial charge in [-0.1, -0.05) is 0 Å². The summed E-state index contributed by atoms with van der Waals surface area (Å²) in [5.74, 6) is 0.268. The zero-order chi connectivity index (χ0) is 15.7. The molecule has 0 aliphatic heterocycles. The number of benzene rings is 1. The van der Waals surface area contributed by atoms with Crippen LogP contribution < -0.4 is 5.56 Å². The molecule has 1 aromatic carbocycles. The third-order valence-corrected chi connectivity index (χ3v) is 3.34. The molecule has 2 N–H and O–H groups in total. The Kier molecular flexibility index (Phi) is 3.31. The van der Waals surface area contributed by atoms with Crippen molar-refractivity contribution in [1.82, 2.24) is 15.0 Å². The molecule has 22 heavy (non-hydrogen) atoms. The Hall–Kier alpha value is -3.20. The third-order valence-electron chi connectivity index (χ3n) is 3.34. The highest BCUT2D eigenvalue weighted by atomic mass is 19.1. The van der Waals surface area contributed by atoms with Gasteiger partial charge in [-0.25, -0.2) is 9.37 Å². The van der Waals surface area contributed by atoms with Gasteiger partial charge in [0, 0.05) is 16.8 Å². The number of rotatable bonds is 2. The molecule has 2 aromatic heterocycles. The number of hydrogen-bond acceptors (Lipinski definition) is 3. The van der Waals surface area contributed by atoms with Gasteiger partial charge in [0.1, 0.15) is 23.3 Å². The normalized spacial score (nSPS) is 10.4. The topological polar surface area (TPSA) is 85.3 Å². The smallest absolute Gasteiger partial charge is 0.266 e. The van der Waals surface area contributed by atoms with Gasteiger partial charge in [-0.15, -0.1) is 0 Å². The van der Waals surface area contributed by atoms with E-state index < -0.39 is 5.56 Å². The first-order chi connectivity index (χ1) is 10.6. The first-order valence-electron chi connectivity index (χ1n) is 6.54. The minimum Gasteiger partial charge on any atom is -0.338 e. The predicted octanol–water partition coefficient (Wildman–Crippen LogP) is 2.75. The van der Waals surface area contributed by atoms with Gasteiger partial charge in [-0.2, -0.15) is 5.26 Å². The van der Waals surface area contributed by atoms with Crippen molar-refractivity contribution in [2.45, 2.75) is 6.92 Å². The molecule has 3 rings (SSSR count). The summed E-state index contributed by atoms with van der Waals surface area (Å²) in [5.41, 5.74) is 2.37. The lowest BCUT2D eigenvalue weighted by Gasteiger charge is -2.03. The number of nitrogens with zero attached hydrogens (tertiary/aromatic N) is 2. The lowest BCUT2D eigenvalue weighted by molar-refractivity contribution is 0.628. The number of nitrogens with one attached hydrogen (secondary N) is 2. The molecule has 0 bridgehead atoms. The Morgan fingerprint density at radius 3 is 2.64 bits per heavy atom. The highest BCUT2D eigenvalue weighted by Gasteiger charge is 2.11. The van der Waals surface area contributed by atoms with Gasteiger partial charge in [-0.3, -0.25) is 4.79 Å². The monoisotopic (exact) mass is 294 g/mol. The van der Waals surface area contributed by atoms with Crippen molar-refractivity contribution in [3.8, 4) is 28.7 Å². The first-order valence-corrected chi connectivity index (χ1v) is 6.54. The van der Waals surface area contributed by atoms with E-state index in [9.17, 15) is 9.18 Å². The van der Waals surface area contributed by atoms with Gasteiger partial charge in [0.25, 0.3) is 5.56 Å². The molecule has 3 aromatic rings. The molecule has 0 aliphatic carbocycles. The Bertz CT molecular complexity index is 932. The molecule has 0 unspecified atom stereocenters. The molecule has 0 saturated carbocycles. The van der Waals surface area contributed by atoms with E-state index in [1.165, 1.54) is 18.2 Å². The zero-order valence-electron chi connectivity index (χ0n) is 11.6. The number of halogens is 1. The Labute approximate surface area is 125 Å². The van der Waals surface area contributed by atoms with Gasteiger partial charge in [0.2, 0.25) is 0 Å². The van der Waals surface area contributed by atoms with Crippen molar-refractivity contribution < 1.29 is 4.39 Å². The fraction of sp³-hybridized carbons (Fsp3) is 0.0625. The van der Waals surface area contributed by atoms with Crippen LogP contribution in [0.2, 0.25) is 0 Å². The van der Waals surface area contributed by atoms with E-state index in [4.69, 9.17) is 5.26 Å². The van der Waals surface area contributed by atoms with Gasteiger partial charge < -0.3 is 9.97 Å². The van der Waals surface area contributed by atoms with E-state index in [1.807, 2.05) is 6.07 Å². The minimum atomic E-state index is -0.415. The molecule has 2 heterocycles. The van der Waals surface area contributed by atoms with Crippen molar-refractivity contribution in [3.63, 3.8) is 0 Å². The number of nitriles is 1. The molecule has 0 amide bonds. The summed E-state index contributed by atoms with van der Waals surface area (Å²) in [7, 11) is 0. The molecule has 0 radical (unpaired) electrons. The molecule has 0 atom stereocenters. The SMILES string of the molecule is Cc1[nH]c(=O)c(C#N)cc1-c1cnc(-c2ccc(F)cc2)[nH]1. The standard InChI is InChI=1S/C16H11FN4O/c1-9-13(6-11(7-18)16(22)20-9)14-8-19-15(21-14)10-2-4-12(17)5-3-10/h2-6,8H,1H3,(H,19,21)(H,20,22). The van der Waals surface area contributed by atoms with E-state index >= 15 is 0 Å². The molecule has 5 nitrogen and oxygen atoms in total. The number of H-pyrrole nitrogens is 2. The molecular formula is C16H11FN4O. The van der Waals surface area contributed by atoms with E-state index in [1.54, 1.807) is 25.3 Å². The Balaban J connectivity index is 2.06. The van der Waals surface area contributed by atoms with Crippen LogP contribution in [0.25, 0.3) is 22.6 Å². The number of pyridine rings is 1. The summed E-state index contributed by atoms with van der Waals surface area (Å²) in [5, 5.41) is 8.96. The second-order valence-electron chi connectivity index (χ2n) is 4.81. The van der Waals surface area contributed by atoms with Crippen molar-refractivity contribution in [1.29, 1.82) is 5.26 Å². The van der Waals surface area contributed by atoms with Crippen molar-refractivity contribution in [3.05, 3.63) is 64.0 Å². The third kappa shape index (κ3) is 2.40. The van der Waals surface area contributed by atoms with Crippen LogP contribution >= 0.6 is 0 Å². The first kappa shape index (κ1) is 13.8. The maximum Gasteiger partial charge on any atom is 0.266 e. The maximum atomic E-state index is 13.0. The predicted molar refractivity (Wildman–Crippen MR) is 79.5 cm³/mol. The van der Waals surface area contributed by atoms with Crippen molar-refractivity contribution in [2.24, 2.45) is 0 Å². The summed E-state index contributed by atoms with van der Waals surface area (Å²) < 4.78 is 13.0. The van der Waals surface area contributed by atoms with Crippen LogP contribution in [0.15, 0.2) is 41.3 Å². The van der Waals surface area contributed by atoms with Crippen LogP contribution in [-0.2, 0) is 0 Å². The molecule has 6 heteroatoms. The van der Waals surface area contributed by atoms with Crippen LogP contribution in [0, 0.1) is 24.1 Å². The second kappa shape index (κ2) is 5.30. The van der Waals surface area contributed by atoms with Gasteiger partial charge >= 0.3 is 0 Å². The van der Waals surface area contributed by atoms with Crippen LogP contribution in [0.4, 0.5) is 4.39 Å². The molecule has 0 saturated heterocycles. The summed E-state index contributed by atoms with van der Waals surface area (Å²) in [6, 6.07) is 9.34. The van der Waals surface area contributed by atoms with Crippen LogP contribution in [-0.4, -0.2) is 15.0 Å².